The van der Waals surface area contributed by atoms with E-state index in [4.69, 9.17) is 5.73 Å². The molecule has 1 atom stereocenters. The zero-order valence-electron chi connectivity index (χ0n) is 11.0. The first-order valence-electron chi connectivity index (χ1n) is 6.10. The van der Waals surface area contributed by atoms with Gasteiger partial charge in [0.05, 0.1) is 5.69 Å². The first-order chi connectivity index (χ1) is 8.50. The van der Waals surface area contributed by atoms with Gasteiger partial charge in [-0.05, 0) is 19.9 Å². The number of amides is 1. The number of nitrogens with two attached hydrogens (primary N) is 1. The lowest BCUT2D eigenvalue weighted by Crippen LogP contribution is -2.32. The van der Waals surface area contributed by atoms with Crippen LogP contribution in [-0.2, 0) is 4.79 Å². The fraction of sp³-hybridized carbons (Fsp3) is 0.357. The van der Waals surface area contributed by atoms with Gasteiger partial charge in [-0.1, -0.05) is 18.2 Å². The van der Waals surface area contributed by atoms with E-state index < -0.39 is 0 Å². The van der Waals surface area contributed by atoms with Crippen molar-refractivity contribution in [3.05, 3.63) is 30.0 Å². The molecule has 1 heterocycles. The van der Waals surface area contributed by atoms with Gasteiger partial charge in [0.15, 0.2) is 0 Å². The standard InChI is InChI=1S/C14H19N3O/c1-9(15)8-13(18)17(3)14-10(2)16-12-7-5-4-6-11(12)14/h4-7,9,16H,8,15H2,1-3H3. The average Bonchev–Trinajstić information content (AvgIpc) is 2.63. The summed E-state index contributed by atoms with van der Waals surface area (Å²) in [6.45, 7) is 3.82. The van der Waals surface area contributed by atoms with Crippen LogP contribution in [0, 0.1) is 6.92 Å². The molecule has 0 radical (unpaired) electrons. The Morgan fingerprint density at radius 2 is 2.11 bits per heavy atom. The predicted octanol–water partition coefficient (Wildman–Crippen LogP) is 2.18. The lowest BCUT2D eigenvalue weighted by Gasteiger charge is -2.18. The highest BCUT2D eigenvalue weighted by Crippen LogP contribution is 2.30. The van der Waals surface area contributed by atoms with E-state index in [1.54, 1.807) is 11.9 Å². The molecule has 1 unspecified atom stereocenters. The smallest absolute Gasteiger partial charge is 0.228 e. The van der Waals surface area contributed by atoms with Gasteiger partial charge in [0.2, 0.25) is 5.91 Å². The molecule has 0 spiro atoms. The maximum Gasteiger partial charge on any atom is 0.228 e. The van der Waals surface area contributed by atoms with Crippen LogP contribution < -0.4 is 10.6 Å². The van der Waals surface area contributed by atoms with E-state index in [1.165, 1.54) is 0 Å². The second-order valence-electron chi connectivity index (χ2n) is 4.78. The molecule has 0 aliphatic heterocycles. The Bertz CT molecular complexity index is 571. The van der Waals surface area contributed by atoms with Crippen LogP contribution in [0.15, 0.2) is 24.3 Å². The molecule has 1 aromatic carbocycles. The van der Waals surface area contributed by atoms with E-state index in [-0.39, 0.29) is 11.9 Å². The minimum Gasteiger partial charge on any atom is -0.357 e. The molecule has 2 rings (SSSR count). The monoisotopic (exact) mass is 245 g/mol. The van der Waals surface area contributed by atoms with Crippen LogP contribution in [0.3, 0.4) is 0 Å². The molecule has 1 aromatic heterocycles. The van der Waals surface area contributed by atoms with Crippen LogP contribution >= 0.6 is 0 Å². The molecule has 0 aliphatic rings. The maximum absolute atomic E-state index is 12.1. The molecule has 3 N–H and O–H groups in total. The highest BCUT2D eigenvalue weighted by Gasteiger charge is 2.18. The Labute approximate surface area is 107 Å². The lowest BCUT2D eigenvalue weighted by molar-refractivity contribution is -0.118. The number of hydrogen-bond acceptors (Lipinski definition) is 2. The number of para-hydroxylation sites is 1. The summed E-state index contributed by atoms with van der Waals surface area (Å²) in [5.74, 6) is 0.0397. The third kappa shape index (κ3) is 2.24. The Balaban J connectivity index is 2.41. The zero-order valence-corrected chi connectivity index (χ0v) is 11.0. The van der Waals surface area contributed by atoms with Crippen molar-refractivity contribution in [2.45, 2.75) is 26.3 Å². The minimum absolute atomic E-state index is 0.0397. The lowest BCUT2D eigenvalue weighted by atomic mass is 10.2. The first kappa shape index (κ1) is 12.6. The van der Waals surface area contributed by atoms with Gasteiger partial charge in [-0.15, -0.1) is 0 Å². The van der Waals surface area contributed by atoms with Gasteiger partial charge in [-0.25, -0.2) is 0 Å². The number of carbonyl (C=O) groups is 1. The SMILES string of the molecule is Cc1[nH]c2ccccc2c1N(C)C(=O)CC(C)N. The fourth-order valence-corrected chi connectivity index (χ4v) is 2.23. The van der Waals surface area contributed by atoms with Gasteiger partial charge in [-0.3, -0.25) is 4.79 Å². The number of nitrogens with one attached hydrogen (secondary N) is 1. The second-order valence-corrected chi connectivity index (χ2v) is 4.78. The second kappa shape index (κ2) is 4.82. The Morgan fingerprint density at radius 3 is 2.78 bits per heavy atom. The molecule has 18 heavy (non-hydrogen) atoms. The van der Waals surface area contributed by atoms with Gasteiger partial charge in [0.1, 0.15) is 0 Å². The van der Waals surface area contributed by atoms with Crippen LogP contribution in [0.4, 0.5) is 5.69 Å². The molecule has 0 fully saturated rings. The first-order valence-corrected chi connectivity index (χ1v) is 6.10. The van der Waals surface area contributed by atoms with Crippen LogP contribution in [0.25, 0.3) is 10.9 Å². The van der Waals surface area contributed by atoms with Gasteiger partial charge in [-0.2, -0.15) is 0 Å². The summed E-state index contributed by atoms with van der Waals surface area (Å²) in [5, 5.41) is 1.07. The number of nitrogens with zero attached hydrogens (tertiary/aromatic N) is 1. The predicted molar refractivity (Wildman–Crippen MR) is 74.7 cm³/mol. The fourth-order valence-electron chi connectivity index (χ4n) is 2.23. The number of anilines is 1. The third-order valence-corrected chi connectivity index (χ3v) is 3.07. The molecule has 0 saturated heterocycles. The summed E-state index contributed by atoms with van der Waals surface area (Å²) in [6, 6.07) is 7.86. The molecule has 96 valence electrons. The van der Waals surface area contributed by atoms with Crippen molar-refractivity contribution in [3.63, 3.8) is 0 Å². The van der Waals surface area contributed by atoms with Crippen molar-refractivity contribution in [2.75, 3.05) is 11.9 Å². The molecule has 0 aliphatic carbocycles. The van der Waals surface area contributed by atoms with Crippen LogP contribution in [0.2, 0.25) is 0 Å². The quantitative estimate of drug-likeness (QED) is 0.870. The number of H-pyrrole nitrogens is 1. The molecular weight excluding hydrogens is 226 g/mol. The van der Waals surface area contributed by atoms with E-state index in [0.717, 1.165) is 22.3 Å². The Kier molecular flexibility index (Phi) is 3.39. The van der Waals surface area contributed by atoms with Crippen LogP contribution in [-0.4, -0.2) is 24.0 Å². The number of aromatic amines is 1. The van der Waals surface area contributed by atoms with Gasteiger partial charge < -0.3 is 15.6 Å². The normalized spacial score (nSPS) is 12.7. The largest absolute Gasteiger partial charge is 0.357 e. The summed E-state index contributed by atoms with van der Waals surface area (Å²) in [6.07, 6.45) is 0.357. The number of benzene rings is 1. The van der Waals surface area contributed by atoms with Crippen LogP contribution in [0.1, 0.15) is 19.0 Å². The van der Waals surface area contributed by atoms with Crippen LogP contribution in [0.5, 0.6) is 0 Å². The van der Waals surface area contributed by atoms with Crippen molar-refractivity contribution in [2.24, 2.45) is 5.73 Å². The summed E-state index contributed by atoms with van der Waals surface area (Å²) in [7, 11) is 1.80. The summed E-state index contributed by atoms with van der Waals surface area (Å²) >= 11 is 0. The minimum atomic E-state index is -0.120. The highest BCUT2D eigenvalue weighted by atomic mass is 16.2. The maximum atomic E-state index is 12.1. The Morgan fingerprint density at radius 1 is 1.44 bits per heavy atom. The van der Waals surface area contributed by atoms with E-state index in [1.807, 2.05) is 38.1 Å². The number of carbonyl (C=O) groups excluding carboxylic acids is 1. The Hall–Kier alpha value is -1.81. The molecule has 2 aromatic rings. The summed E-state index contributed by atoms with van der Waals surface area (Å²) < 4.78 is 0. The number of fused-ring (bicyclic) bond motifs is 1. The van der Waals surface area contributed by atoms with E-state index in [9.17, 15) is 4.79 Å². The average molecular weight is 245 g/mol. The summed E-state index contributed by atoms with van der Waals surface area (Å²) in [5.41, 5.74) is 8.66. The molecular formula is C14H19N3O. The highest BCUT2D eigenvalue weighted by molar-refractivity contribution is 6.04. The number of aromatic nitrogens is 1. The number of hydrogen-bond donors (Lipinski definition) is 2. The molecule has 0 saturated carbocycles. The zero-order chi connectivity index (χ0) is 13.3. The number of rotatable bonds is 3. The topological polar surface area (TPSA) is 62.1 Å². The molecule has 4 nitrogen and oxygen atoms in total. The van der Waals surface area contributed by atoms with Gasteiger partial charge in [0.25, 0.3) is 0 Å². The van der Waals surface area contributed by atoms with E-state index in [2.05, 4.69) is 4.98 Å². The van der Waals surface area contributed by atoms with E-state index in [0.29, 0.717) is 6.42 Å². The van der Waals surface area contributed by atoms with Crippen molar-refractivity contribution in [1.82, 2.24) is 4.98 Å². The number of aryl methyl sites for hydroxylation is 1. The third-order valence-electron chi connectivity index (χ3n) is 3.07. The molecule has 1 amide bonds. The molecule has 0 bridgehead atoms. The van der Waals surface area contributed by atoms with Crippen molar-refractivity contribution in [3.8, 4) is 0 Å². The van der Waals surface area contributed by atoms with Crippen molar-refractivity contribution in [1.29, 1.82) is 0 Å². The van der Waals surface area contributed by atoms with Gasteiger partial charge >= 0.3 is 0 Å². The van der Waals surface area contributed by atoms with Gasteiger partial charge in [0, 0.05) is 36.1 Å². The van der Waals surface area contributed by atoms with Crippen molar-refractivity contribution >= 4 is 22.5 Å². The summed E-state index contributed by atoms with van der Waals surface area (Å²) in [4.78, 5) is 17.1. The molecule has 4 heteroatoms. The van der Waals surface area contributed by atoms with Crippen molar-refractivity contribution < 1.29 is 4.79 Å². The van der Waals surface area contributed by atoms with E-state index >= 15 is 0 Å².